The first-order chi connectivity index (χ1) is 14.9. The number of benzene rings is 3. The third-order valence-electron chi connectivity index (χ3n) is 4.72. The third-order valence-corrected chi connectivity index (χ3v) is 5.56. The van der Waals surface area contributed by atoms with Crippen LogP contribution in [-0.4, -0.2) is 30.2 Å². The quantitative estimate of drug-likeness (QED) is 0.283. The fourth-order valence-corrected chi connectivity index (χ4v) is 3.64. The van der Waals surface area contributed by atoms with Gasteiger partial charge in [0.15, 0.2) is 12.4 Å². The number of ketones is 1. The SMILES string of the molecule is O=C(COC(=O)c1ccc2c(c1)C(=O)N(c1ccccc1Cl)C2=O)c1ccc(Br)cc1. The number of imide groups is 1. The van der Waals surface area contributed by atoms with Crippen LogP contribution >= 0.6 is 27.5 Å². The van der Waals surface area contributed by atoms with Gasteiger partial charge in [0.25, 0.3) is 11.8 Å². The van der Waals surface area contributed by atoms with Gasteiger partial charge in [-0.15, -0.1) is 0 Å². The highest BCUT2D eigenvalue weighted by molar-refractivity contribution is 9.10. The number of halogens is 2. The van der Waals surface area contributed by atoms with E-state index < -0.39 is 24.4 Å². The molecule has 2 amide bonds. The minimum absolute atomic E-state index is 0.0597. The fraction of sp³-hybridized carbons (Fsp3) is 0.0435. The Kier molecular flexibility index (Phi) is 5.71. The smallest absolute Gasteiger partial charge is 0.338 e. The molecule has 0 N–H and O–H groups in total. The van der Waals surface area contributed by atoms with E-state index in [1.165, 1.54) is 18.2 Å². The molecule has 0 saturated carbocycles. The molecule has 0 aromatic heterocycles. The Bertz CT molecular complexity index is 1240. The molecule has 0 aliphatic carbocycles. The largest absolute Gasteiger partial charge is 0.454 e. The van der Waals surface area contributed by atoms with Gasteiger partial charge in [0.1, 0.15) is 0 Å². The van der Waals surface area contributed by atoms with Crippen molar-refractivity contribution in [3.8, 4) is 0 Å². The Balaban J connectivity index is 1.52. The topological polar surface area (TPSA) is 80.8 Å². The lowest BCUT2D eigenvalue weighted by Gasteiger charge is -2.15. The van der Waals surface area contributed by atoms with Crippen LogP contribution in [0.3, 0.4) is 0 Å². The number of anilines is 1. The molecule has 1 aliphatic rings. The summed E-state index contributed by atoms with van der Waals surface area (Å²) in [7, 11) is 0. The van der Waals surface area contributed by atoms with Crippen molar-refractivity contribution in [3.05, 3.63) is 98.5 Å². The van der Waals surface area contributed by atoms with E-state index in [2.05, 4.69) is 15.9 Å². The molecule has 0 saturated heterocycles. The summed E-state index contributed by atoms with van der Waals surface area (Å²) in [6.07, 6.45) is 0. The molecule has 0 spiro atoms. The summed E-state index contributed by atoms with van der Waals surface area (Å²) in [4.78, 5) is 51.2. The number of ether oxygens (including phenoxy) is 1. The van der Waals surface area contributed by atoms with Crippen LogP contribution in [0.4, 0.5) is 5.69 Å². The van der Waals surface area contributed by atoms with Gasteiger partial charge in [0, 0.05) is 10.0 Å². The fourth-order valence-electron chi connectivity index (χ4n) is 3.15. The minimum atomic E-state index is -0.773. The second kappa shape index (κ2) is 8.45. The molecule has 3 aromatic carbocycles. The molecule has 154 valence electrons. The molecule has 1 aliphatic heterocycles. The summed E-state index contributed by atoms with van der Waals surface area (Å²) < 4.78 is 5.92. The van der Waals surface area contributed by atoms with Gasteiger partial charge in [-0.3, -0.25) is 14.4 Å². The lowest BCUT2D eigenvalue weighted by molar-refractivity contribution is 0.0474. The Morgan fingerprint density at radius 1 is 0.871 bits per heavy atom. The number of esters is 1. The summed E-state index contributed by atoms with van der Waals surface area (Å²) in [5.74, 6) is -2.25. The zero-order valence-electron chi connectivity index (χ0n) is 15.8. The maximum absolute atomic E-state index is 12.8. The number of Topliss-reactive ketones (excluding diaryl/α,β-unsaturated/α-hetero) is 1. The van der Waals surface area contributed by atoms with Gasteiger partial charge < -0.3 is 4.74 Å². The molecule has 3 aromatic rings. The number of rotatable bonds is 5. The number of carbonyl (C=O) groups is 4. The molecule has 0 radical (unpaired) electrons. The number of amides is 2. The van der Waals surface area contributed by atoms with Gasteiger partial charge in [-0.2, -0.15) is 0 Å². The molecule has 8 heteroatoms. The number of fused-ring (bicyclic) bond motifs is 1. The summed E-state index contributed by atoms with van der Waals surface area (Å²) in [5.41, 5.74) is 0.955. The maximum atomic E-state index is 12.8. The first kappa shape index (κ1) is 21.0. The molecule has 1 heterocycles. The first-order valence-corrected chi connectivity index (χ1v) is 10.3. The monoisotopic (exact) mass is 497 g/mol. The molecule has 4 rings (SSSR count). The van der Waals surface area contributed by atoms with Crippen LogP contribution in [0.2, 0.25) is 5.02 Å². The normalized spacial score (nSPS) is 12.6. The molecular formula is C23H13BrClNO5. The average Bonchev–Trinajstić information content (AvgIpc) is 3.02. The predicted molar refractivity (Wildman–Crippen MR) is 118 cm³/mol. The van der Waals surface area contributed by atoms with Crippen LogP contribution in [0.1, 0.15) is 41.4 Å². The van der Waals surface area contributed by atoms with E-state index in [1.807, 2.05) is 0 Å². The van der Waals surface area contributed by atoms with Crippen molar-refractivity contribution in [2.75, 3.05) is 11.5 Å². The number of carbonyl (C=O) groups excluding carboxylic acids is 4. The molecule has 0 atom stereocenters. The highest BCUT2D eigenvalue weighted by Crippen LogP contribution is 2.33. The van der Waals surface area contributed by atoms with Crippen LogP contribution in [0.25, 0.3) is 0 Å². The Labute approximate surface area is 190 Å². The average molecular weight is 499 g/mol. The molecular weight excluding hydrogens is 486 g/mol. The number of nitrogens with zero attached hydrogens (tertiary/aromatic N) is 1. The molecule has 0 bridgehead atoms. The molecule has 0 unspecified atom stereocenters. The number of hydrogen-bond acceptors (Lipinski definition) is 5. The lowest BCUT2D eigenvalue weighted by Crippen LogP contribution is -2.29. The van der Waals surface area contributed by atoms with Gasteiger partial charge in [-0.25, -0.2) is 9.69 Å². The maximum Gasteiger partial charge on any atom is 0.338 e. The van der Waals surface area contributed by atoms with Gasteiger partial charge in [0.2, 0.25) is 0 Å². The molecule has 0 fully saturated rings. The molecule has 31 heavy (non-hydrogen) atoms. The van der Waals surface area contributed by atoms with Crippen LogP contribution in [0.5, 0.6) is 0 Å². The van der Waals surface area contributed by atoms with Gasteiger partial charge >= 0.3 is 5.97 Å². The van der Waals surface area contributed by atoms with Crippen molar-refractivity contribution < 1.29 is 23.9 Å². The summed E-state index contributed by atoms with van der Waals surface area (Å²) >= 11 is 9.42. The van der Waals surface area contributed by atoms with Crippen LogP contribution < -0.4 is 4.90 Å². The van der Waals surface area contributed by atoms with Crippen molar-refractivity contribution in [3.63, 3.8) is 0 Å². The van der Waals surface area contributed by atoms with Gasteiger partial charge in [-0.05, 0) is 42.5 Å². The summed E-state index contributed by atoms with van der Waals surface area (Å²) in [6, 6.07) is 17.2. The van der Waals surface area contributed by atoms with E-state index in [1.54, 1.807) is 48.5 Å². The van der Waals surface area contributed by atoms with Gasteiger partial charge in [0.05, 0.1) is 27.4 Å². The van der Waals surface area contributed by atoms with Gasteiger partial charge in [-0.1, -0.05) is 51.8 Å². The first-order valence-electron chi connectivity index (χ1n) is 9.10. The third kappa shape index (κ3) is 4.02. The second-order valence-corrected chi connectivity index (χ2v) is 7.99. The van der Waals surface area contributed by atoms with Crippen LogP contribution in [0.15, 0.2) is 71.2 Å². The van der Waals surface area contributed by atoms with Crippen molar-refractivity contribution in [1.82, 2.24) is 0 Å². The minimum Gasteiger partial charge on any atom is -0.454 e. The van der Waals surface area contributed by atoms with E-state index in [-0.39, 0.29) is 33.2 Å². The second-order valence-electron chi connectivity index (χ2n) is 6.66. The van der Waals surface area contributed by atoms with Crippen molar-refractivity contribution in [2.24, 2.45) is 0 Å². The highest BCUT2D eigenvalue weighted by Gasteiger charge is 2.38. The predicted octanol–water partition coefficient (Wildman–Crippen LogP) is 4.94. The van der Waals surface area contributed by atoms with Crippen molar-refractivity contribution in [1.29, 1.82) is 0 Å². The molecule has 6 nitrogen and oxygen atoms in total. The van der Waals surface area contributed by atoms with E-state index in [0.29, 0.717) is 5.56 Å². The number of para-hydroxylation sites is 1. The zero-order chi connectivity index (χ0) is 22.1. The van der Waals surface area contributed by atoms with Crippen molar-refractivity contribution in [2.45, 2.75) is 0 Å². The van der Waals surface area contributed by atoms with Crippen LogP contribution in [0, 0.1) is 0 Å². The van der Waals surface area contributed by atoms with Crippen molar-refractivity contribution >= 4 is 56.8 Å². The zero-order valence-corrected chi connectivity index (χ0v) is 18.1. The summed E-state index contributed by atoms with van der Waals surface area (Å²) in [6.45, 7) is -0.448. The Hall–Kier alpha value is -3.29. The van der Waals surface area contributed by atoms with E-state index in [4.69, 9.17) is 16.3 Å². The van der Waals surface area contributed by atoms with E-state index in [0.717, 1.165) is 9.37 Å². The lowest BCUT2D eigenvalue weighted by atomic mass is 10.1. The van der Waals surface area contributed by atoms with E-state index >= 15 is 0 Å². The van der Waals surface area contributed by atoms with Crippen LogP contribution in [-0.2, 0) is 4.74 Å². The Morgan fingerprint density at radius 3 is 2.23 bits per heavy atom. The summed E-state index contributed by atoms with van der Waals surface area (Å²) in [5, 5.41) is 0.253. The van der Waals surface area contributed by atoms with E-state index in [9.17, 15) is 19.2 Å². The highest BCUT2D eigenvalue weighted by atomic mass is 79.9. The standard InChI is InChI=1S/C23H13BrClNO5/c24-15-8-5-13(6-9-15)20(27)12-31-23(30)14-7-10-16-17(11-14)22(29)26(21(16)28)19-4-2-1-3-18(19)25/h1-11H,12H2. The number of hydrogen-bond donors (Lipinski definition) is 0. The Morgan fingerprint density at radius 2 is 1.52 bits per heavy atom.